The quantitative estimate of drug-likeness (QED) is 0.914. The van der Waals surface area contributed by atoms with Crippen molar-refractivity contribution in [3.63, 3.8) is 0 Å². The Morgan fingerprint density at radius 3 is 2.83 bits per heavy atom. The number of hydrogen-bond donors (Lipinski definition) is 1. The van der Waals surface area contributed by atoms with Crippen molar-refractivity contribution in [1.29, 1.82) is 0 Å². The second kappa shape index (κ2) is 5.12. The maximum atomic E-state index is 5.97. The molecule has 18 heavy (non-hydrogen) atoms. The van der Waals surface area contributed by atoms with Crippen molar-refractivity contribution in [1.82, 2.24) is 4.98 Å². The summed E-state index contributed by atoms with van der Waals surface area (Å²) in [6.45, 7) is 4.82. The monoisotopic (exact) mass is 264 g/mol. The number of fused-ring (bicyclic) bond motifs is 1. The molecule has 0 spiro atoms. The summed E-state index contributed by atoms with van der Waals surface area (Å²) in [5, 5.41) is 5.23. The van der Waals surface area contributed by atoms with E-state index in [1.807, 2.05) is 24.3 Å². The summed E-state index contributed by atoms with van der Waals surface area (Å²) in [6.07, 6.45) is 1.78. The Labute approximate surface area is 112 Å². The van der Waals surface area contributed by atoms with Crippen molar-refractivity contribution in [2.75, 3.05) is 19.0 Å². The molecule has 0 bridgehead atoms. The molecule has 2 aromatic rings. The number of rotatable bonds is 4. The van der Waals surface area contributed by atoms with Gasteiger partial charge in [-0.05, 0) is 38.1 Å². The molecule has 96 valence electrons. The summed E-state index contributed by atoms with van der Waals surface area (Å²) in [7, 11) is 1.70. The number of nitrogens with one attached hydrogen (secondary N) is 1. The molecular weight excluding hydrogens is 248 g/mol. The van der Waals surface area contributed by atoms with Crippen LogP contribution in [0.3, 0.4) is 0 Å². The van der Waals surface area contributed by atoms with E-state index in [2.05, 4.69) is 24.1 Å². The second-order valence-corrected chi connectivity index (χ2v) is 5.40. The Balaban J connectivity index is 2.39. The van der Waals surface area contributed by atoms with Crippen LogP contribution in [0, 0.1) is 0 Å². The van der Waals surface area contributed by atoms with Gasteiger partial charge in [-0.1, -0.05) is 11.6 Å². The molecule has 0 aliphatic rings. The molecule has 1 aromatic carbocycles. The first-order valence-corrected chi connectivity index (χ1v) is 6.21. The molecule has 0 atom stereocenters. The van der Waals surface area contributed by atoms with E-state index < -0.39 is 0 Å². The summed E-state index contributed by atoms with van der Waals surface area (Å²) >= 11 is 5.97. The summed E-state index contributed by atoms with van der Waals surface area (Å²) in [5.41, 5.74) is 1.79. The highest BCUT2D eigenvalue weighted by Crippen LogP contribution is 2.26. The van der Waals surface area contributed by atoms with Gasteiger partial charge in [0.1, 0.15) is 0 Å². The largest absolute Gasteiger partial charge is 0.382 e. The van der Waals surface area contributed by atoms with Gasteiger partial charge >= 0.3 is 0 Å². The van der Waals surface area contributed by atoms with Gasteiger partial charge in [0, 0.05) is 29.4 Å². The average Bonchev–Trinajstić information content (AvgIpc) is 2.28. The van der Waals surface area contributed by atoms with Crippen LogP contribution in [0.15, 0.2) is 30.5 Å². The summed E-state index contributed by atoms with van der Waals surface area (Å²) < 4.78 is 5.21. The van der Waals surface area contributed by atoms with Crippen LogP contribution in [0.1, 0.15) is 13.8 Å². The molecular formula is C14H17ClN2O. The van der Waals surface area contributed by atoms with Crippen LogP contribution in [0.25, 0.3) is 10.9 Å². The van der Waals surface area contributed by atoms with Gasteiger partial charge in [-0.15, -0.1) is 0 Å². The lowest BCUT2D eigenvalue weighted by Gasteiger charge is -2.27. The Bertz CT molecular complexity index is 554. The Hall–Kier alpha value is -1.32. The zero-order valence-corrected chi connectivity index (χ0v) is 11.6. The van der Waals surface area contributed by atoms with E-state index in [-0.39, 0.29) is 5.54 Å². The summed E-state index contributed by atoms with van der Waals surface area (Å²) in [4.78, 5) is 4.32. The fourth-order valence-electron chi connectivity index (χ4n) is 1.99. The Morgan fingerprint density at radius 1 is 1.33 bits per heavy atom. The summed E-state index contributed by atoms with van der Waals surface area (Å²) in [6, 6.07) is 7.69. The number of hydrogen-bond acceptors (Lipinski definition) is 3. The normalized spacial score (nSPS) is 11.8. The van der Waals surface area contributed by atoms with Crippen molar-refractivity contribution in [3.8, 4) is 0 Å². The molecule has 0 unspecified atom stereocenters. The van der Waals surface area contributed by atoms with Crippen LogP contribution < -0.4 is 5.32 Å². The maximum absolute atomic E-state index is 5.97. The maximum Gasteiger partial charge on any atom is 0.0737 e. The zero-order chi connectivity index (χ0) is 13.2. The molecule has 1 heterocycles. The fourth-order valence-corrected chi connectivity index (χ4v) is 2.16. The van der Waals surface area contributed by atoms with Gasteiger partial charge in [0.25, 0.3) is 0 Å². The lowest BCUT2D eigenvalue weighted by molar-refractivity contribution is 0.158. The van der Waals surface area contributed by atoms with Gasteiger partial charge in [-0.2, -0.15) is 0 Å². The van der Waals surface area contributed by atoms with Crippen LogP contribution in [0.2, 0.25) is 5.02 Å². The highest BCUT2D eigenvalue weighted by atomic mass is 35.5. The van der Waals surface area contributed by atoms with Crippen LogP contribution in [-0.4, -0.2) is 24.2 Å². The number of halogens is 1. The zero-order valence-electron chi connectivity index (χ0n) is 10.8. The first-order valence-electron chi connectivity index (χ1n) is 5.83. The first-order chi connectivity index (χ1) is 8.52. The number of nitrogens with zero attached hydrogens (tertiary/aromatic N) is 1. The topological polar surface area (TPSA) is 34.1 Å². The second-order valence-electron chi connectivity index (χ2n) is 4.96. The van der Waals surface area contributed by atoms with E-state index in [1.54, 1.807) is 13.3 Å². The predicted molar refractivity (Wildman–Crippen MR) is 76.3 cm³/mol. The molecule has 0 radical (unpaired) electrons. The molecule has 1 N–H and O–H groups in total. The average molecular weight is 265 g/mol. The van der Waals surface area contributed by atoms with Gasteiger partial charge in [0.05, 0.1) is 17.7 Å². The highest BCUT2D eigenvalue weighted by molar-refractivity contribution is 6.31. The molecule has 0 saturated carbocycles. The predicted octanol–water partition coefficient (Wildman–Crippen LogP) is 3.73. The number of pyridine rings is 1. The number of aromatic nitrogens is 1. The van der Waals surface area contributed by atoms with Crippen molar-refractivity contribution in [3.05, 3.63) is 35.5 Å². The van der Waals surface area contributed by atoms with Gasteiger partial charge in [-0.3, -0.25) is 4.98 Å². The van der Waals surface area contributed by atoms with Gasteiger partial charge in [0.15, 0.2) is 0 Å². The molecule has 0 saturated heterocycles. The molecule has 4 heteroatoms. The number of methoxy groups -OCH3 is 1. The lowest BCUT2D eigenvalue weighted by atomic mass is 10.1. The minimum Gasteiger partial charge on any atom is -0.382 e. The van der Waals surface area contributed by atoms with Gasteiger partial charge in [0.2, 0.25) is 0 Å². The van der Waals surface area contributed by atoms with E-state index in [4.69, 9.17) is 16.3 Å². The van der Waals surface area contributed by atoms with E-state index in [0.717, 1.165) is 16.6 Å². The SMILES string of the molecule is COCC(C)(C)Nc1ccnc2cc(Cl)ccc12. The number of benzene rings is 1. The third-order valence-corrected chi connectivity index (χ3v) is 2.92. The number of anilines is 1. The third kappa shape index (κ3) is 2.92. The lowest BCUT2D eigenvalue weighted by Crippen LogP contribution is -2.35. The van der Waals surface area contributed by atoms with E-state index >= 15 is 0 Å². The third-order valence-electron chi connectivity index (χ3n) is 2.68. The highest BCUT2D eigenvalue weighted by Gasteiger charge is 2.18. The molecule has 1 aromatic heterocycles. The molecule has 0 aliphatic carbocycles. The molecule has 2 rings (SSSR count). The molecule has 0 aliphatic heterocycles. The van der Waals surface area contributed by atoms with Crippen LogP contribution >= 0.6 is 11.6 Å². The fraction of sp³-hybridized carbons (Fsp3) is 0.357. The van der Waals surface area contributed by atoms with Crippen molar-refractivity contribution in [2.45, 2.75) is 19.4 Å². The molecule has 3 nitrogen and oxygen atoms in total. The van der Waals surface area contributed by atoms with E-state index in [9.17, 15) is 0 Å². The Morgan fingerprint density at radius 2 is 2.11 bits per heavy atom. The minimum atomic E-state index is -0.136. The standard InChI is InChI=1S/C14H17ClN2O/c1-14(2,9-18-3)17-12-6-7-16-13-8-10(15)4-5-11(12)13/h4-8H,9H2,1-3H3,(H,16,17). The molecule has 0 amide bonds. The van der Waals surface area contributed by atoms with Crippen molar-refractivity contribution < 1.29 is 4.74 Å². The smallest absolute Gasteiger partial charge is 0.0737 e. The first kappa shape index (κ1) is 13.1. The van der Waals surface area contributed by atoms with Crippen molar-refractivity contribution in [2.24, 2.45) is 0 Å². The van der Waals surface area contributed by atoms with Crippen LogP contribution in [0.4, 0.5) is 5.69 Å². The van der Waals surface area contributed by atoms with Gasteiger partial charge < -0.3 is 10.1 Å². The number of ether oxygens (including phenoxy) is 1. The van der Waals surface area contributed by atoms with E-state index in [1.165, 1.54) is 0 Å². The minimum absolute atomic E-state index is 0.136. The van der Waals surface area contributed by atoms with Crippen LogP contribution in [0.5, 0.6) is 0 Å². The van der Waals surface area contributed by atoms with E-state index in [0.29, 0.717) is 11.6 Å². The molecule has 0 fully saturated rings. The Kier molecular flexibility index (Phi) is 3.73. The van der Waals surface area contributed by atoms with Crippen LogP contribution in [-0.2, 0) is 4.74 Å². The van der Waals surface area contributed by atoms with Gasteiger partial charge in [-0.25, -0.2) is 0 Å². The van der Waals surface area contributed by atoms with Crippen molar-refractivity contribution >= 4 is 28.2 Å². The summed E-state index contributed by atoms with van der Waals surface area (Å²) in [5.74, 6) is 0.